The lowest BCUT2D eigenvalue weighted by Crippen LogP contribution is -2.38. The lowest BCUT2D eigenvalue weighted by molar-refractivity contribution is 0.0322. The van der Waals surface area contributed by atoms with Crippen LogP contribution in [0.5, 0.6) is 5.75 Å². The fraction of sp³-hybridized carbons (Fsp3) is 0.292. The van der Waals surface area contributed by atoms with Crippen LogP contribution in [0.4, 0.5) is 5.69 Å². The van der Waals surface area contributed by atoms with Crippen molar-refractivity contribution in [3.05, 3.63) is 70.5 Å². The lowest BCUT2D eigenvalue weighted by Gasteiger charge is -2.26. The molecule has 9 heteroatoms. The van der Waals surface area contributed by atoms with Gasteiger partial charge in [0.15, 0.2) is 0 Å². The highest BCUT2D eigenvalue weighted by molar-refractivity contribution is 6.30. The molecule has 1 aliphatic heterocycles. The summed E-state index contributed by atoms with van der Waals surface area (Å²) in [5.41, 5.74) is 2.81. The van der Waals surface area contributed by atoms with E-state index in [1.807, 2.05) is 19.1 Å². The van der Waals surface area contributed by atoms with Crippen molar-refractivity contribution >= 4 is 23.2 Å². The van der Waals surface area contributed by atoms with E-state index < -0.39 is 0 Å². The molecule has 1 amide bonds. The second-order valence-electron chi connectivity index (χ2n) is 7.61. The normalized spacial score (nSPS) is 14.0. The van der Waals surface area contributed by atoms with Crippen LogP contribution >= 0.6 is 11.6 Å². The Morgan fingerprint density at radius 3 is 2.73 bits per heavy atom. The smallest absolute Gasteiger partial charge is 0.259 e. The molecule has 0 saturated carbocycles. The maximum Gasteiger partial charge on any atom is 0.259 e. The molecule has 4 rings (SSSR count). The number of aromatic nitrogens is 2. The van der Waals surface area contributed by atoms with Crippen molar-refractivity contribution in [3.63, 3.8) is 0 Å². The van der Waals surface area contributed by atoms with Gasteiger partial charge in [-0.2, -0.15) is 10.4 Å². The van der Waals surface area contributed by atoms with E-state index in [4.69, 9.17) is 21.1 Å². The number of benzene rings is 2. The van der Waals surface area contributed by atoms with Crippen molar-refractivity contribution in [2.24, 2.45) is 0 Å². The predicted molar refractivity (Wildman–Crippen MR) is 125 cm³/mol. The number of nitrogens with one attached hydrogen (secondary N) is 1. The van der Waals surface area contributed by atoms with Crippen LogP contribution in [0.2, 0.25) is 5.02 Å². The van der Waals surface area contributed by atoms with Gasteiger partial charge in [0.2, 0.25) is 0 Å². The molecule has 0 radical (unpaired) electrons. The van der Waals surface area contributed by atoms with E-state index in [0.29, 0.717) is 39.9 Å². The van der Waals surface area contributed by atoms with E-state index in [-0.39, 0.29) is 5.91 Å². The minimum atomic E-state index is -0.308. The summed E-state index contributed by atoms with van der Waals surface area (Å²) in [5.74, 6) is 0.188. The highest BCUT2D eigenvalue weighted by Gasteiger charge is 2.17. The van der Waals surface area contributed by atoms with E-state index in [0.717, 1.165) is 38.5 Å². The number of nitrogens with zero attached hydrogens (tertiary/aromatic N) is 4. The van der Waals surface area contributed by atoms with Gasteiger partial charge in [-0.15, -0.1) is 0 Å². The lowest BCUT2D eigenvalue weighted by atomic mass is 10.1. The Morgan fingerprint density at radius 2 is 2.00 bits per heavy atom. The van der Waals surface area contributed by atoms with Crippen molar-refractivity contribution in [1.29, 1.82) is 5.26 Å². The average Bonchev–Trinajstić information content (AvgIpc) is 3.22. The molecule has 1 saturated heterocycles. The van der Waals surface area contributed by atoms with Gasteiger partial charge >= 0.3 is 0 Å². The fourth-order valence-electron chi connectivity index (χ4n) is 3.60. The van der Waals surface area contributed by atoms with E-state index in [9.17, 15) is 10.1 Å². The Kier molecular flexibility index (Phi) is 7.25. The van der Waals surface area contributed by atoms with Crippen molar-refractivity contribution in [2.45, 2.75) is 6.92 Å². The van der Waals surface area contributed by atoms with Gasteiger partial charge in [-0.25, -0.2) is 4.68 Å². The molecule has 33 heavy (non-hydrogen) atoms. The van der Waals surface area contributed by atoms with Crippen LogP contribution in [0.15, 0.2) is 48.7 Å². The number of ether oxygens (including phenoxy) is 2. The Hall–Kier alpha value is -3.38. The van der Waals surface area contributed by atoms with Crippen LogP contribution in [0.25, 0.3) is 5.69 Å². The molecule has 0 bridgehead atoms. The molecular formula is C24H24ClN5O3. The zero-order valence-electron chi connectivity index (χ0n) is 18.3. The summed E-state index contributed by atoms with van der Waals surface area (Å²) in [6.45, 7) is 6.29. The van der Waals surface area contributed by atoms with E-state index in [2.05, 4.69) is 21.4 Å². The maximum atomic E-state index is 12.8. The molecule has 3 aromatic rings. The first kappa shape index (κ1) is 22.8. The Balaban J connectivity index is 1.41. The molecule has 1 N–H and O–H groups in total. The summed E-state index contributed by atoms with van der Waals surface area (Å²) in [5, 5.41) is 17.3. The first-order valence-corrected chi connectivity index (χ1v) is 11.0. The Labute approximate surface area is 197 Å². The van der Waals surface area contributed by atoms with E-state index in [1.54, 1.807) is 35.0 Å². The first-order chi connectivity index (χ1) is 16.0. The highest BCUT2D eigenvalue weighted by atomic mass is 35.5. The summed E-state index contributed by atoms with van der Waals surface area (Å²) >= 11 is 5.95. The number of hydrogen-bond acceptors (Lipinski definition) is 6. The topological polar surface area (TPSA) is 92.4 Å². The third-order valence-electron chi connectivity index (χ3n) is 5.45. The van der Waals surface area contributed by atoms with E-state index >= 15 is 0 Å². The zero-order valence-corrected chi connectivity index (χ0v) is 19.0. The predicted octanol–water partition coefficient (Wildman–Crippen LogP) is 3.67. The molecule has 0 atom stereocenters. The van der Waals surface area contributed by atoms with Gasteiger partial charge in [0.1, 0.15) is 18.4 Å². The van der Waals surface area contributed by atoms with Gasteiger partial charge in [-0.05, 0) is 49.4 Å². The fourth-order valence-corrected chi connectivity index (χ4v) is 3.73. The SMILES string of the molecule is Cc1c(C(=O)Nc2ccc(OCCN3CCOCC3)c(C#N)c2)cnn1-c1ccc(Cl)cc1. The molecular weight excluding hydrogens is 442 g/mol. The monoisotopic (exact) mass is 465 g/mol. The Bertz CT molecular complexity index is 1160. The molecule has 8 nitrogen and oxygen atoms in total. The number of hydrogen-bond donors (Lipinski definition) is 1. The van der Waals surface area contributed by atoms with Gasteiger partial charge in [-0.3, -0.25) is 9.69 Å². The second kappa shape index (κ2) is 10.5. The Morgan fingerprint density at radius 1 is 1.24 bits per heavy atom. The minimum Gasteiger partial charge on any atom is -0.491 e. The number of carbonyl (C=O) groups is 1. The highest BCUT2D eigenvalue weighted by Crippen LogP contribution is 2.23. The molecule has 0 aliphatic carbocycles. The van der Waals surface area contributed by atoms with Crippen LogP contribution in [0.1, 0.15) is 21.6 Å². The quantitative estimate of drug-likeness (QED) is 0.572. The maximum absolute atomic E-state index is 12.8. The molecule has 2 aromatic carbocycles. The summed E-state index contributed by atoms with van der Waals surface area (Å²) in [4.78, 5) is 15.1. The largest absolute Gasteiger partial charge is 0.491 e. The van der Waals surface area contributed by atoms with Crippen LogP contribution in [-0.4, -0.2) is 60.0 Å². The second-order valence-corrected chi connectivity index (χ2v) is 8.05. The standard InChI is InChI=1S/C24H24ClN5O3/c1-17-22(16-27-30(17)21-5-2-19(25)3-6-21)24(31)28-20-4-7-23(18(14-20)15-26)33-13-10-29-8-11-32-12-9-29/h2-7,14,16H,8-13H2,1H3,(H,28,31). The molecule has 1 fully saturated rings. The molecule has 170 valence electrons. The summed E-state index contributed by atoms with van der Waals surface area (Å²) in [6.07, 6.45) is 1.52. The van der Waals surface area contributed by atoms with Crippen LogP contribution in [0.3, 0.4) is 0 Å². The van der Waals surface area contributed by atoms with Crippen molar-refractivity contribution < 1.29 is 14.3 Å². The average molecular weight is 466 g/mol. The van der Waals surface area contributed by atoms with E-state index in [1.165, 1.54) is 6.20 Å². The van der Waals surface area contributed by atoms with Gasteiger partial charge in [-0.1, -0.05) is 11.6 Å². The van der Waals surface area contributed by atoms with Crippen LogP contribution < -0.4 is 10.1 Å². The van der Waals surface area contributed by atoms with Crippen LogP contribution in [-0.2, 0) is 4.74 Å². The first-order valence-electron chi connectivity index (χ1n) is 10.6. The minimum absolute atomic E-state index is 0.308. The van der Waals surface area contributed by atoms with Crippen LogP contribution in [0, 0.1) is 18.3 Å². The molecule has 1 aromatic heterocycles. The number of rotatable bonds is 7. The van der Waals surface area contributed by atoms with Gasteiger partial charge in [0.05, 0.1) is 41.9 Å². The van der Waals surface area contributed by atoms with Gasteiger partial charge < -0.3 is 14.8 Å². The summed E-state index contributed by atoms with van der Waals surface area (Å²) in [6, 6.07) is 14.4. The van der Waals surface area contributed by atoms with Gasteiger partial charge in [0.25, 0.3) is 5.91 Å². The van der Waals surface area contributed by atoms with Crippen molar-refractivity contribution in [1.82, 2.24) is 14.7 Å². The summed E-state index contributed by atoms with van der Waals surface area (Å²) in [7, 11) is 0. The van der Waals surface area contributed by atoms with Crippen molar-refractivity contribution in [2.75, 3.05) is 44.8 Å². The third-order valence-corrected chi connectivity index (χ3v) is 5.70. The van der Waals surface area contributed by atoms with Crippen molar-refractivity contribution in [3.8, 4) is 17.5 Å². The number of halogens is 1. The van der Waals surface area contributed by atoms with Gasteiger partial charge in [0, 0.05) is 30.3 Å². The number of carbonyl (C=O) groups excluding carboxylic acids is 1. The molecule has 2 heterocycles. The molecule has 1 aliphatic rings. The third kappa shape index (κ3) is 5.52. The zero-order chi connectivity index (χ0) is 23.2. The summed E-state index contributed by atoms with van der Waals surface area (Å²) < 4.78 is 12.8. The number of nitriles is 1. The molecule has 0 spiro atoms. The number of morpholine rings is 1. The number of amides is 1. The molecule has 0 unspecified atom stereocenters. The number of anilines is 1.